The largest absolute Gasteiger partial charge is 0.505 e. The van der Waals surface area contributed by atoms with Gasteiger partial charge in [0.05, 0.1) is 30.8 Å². The first-order valence-corrected chi connectivity index (χ1v) is 15.6. The summed E-state index contributed by atoms with van der Waals surface area (Å²) in [5.41, 5.74) is 3.31. The molecule has 3 N–H and O–H groups in total. The fourth-order valence-electron chi connectivity index (χ4n) is 4.32. The number of methoxy groups -OCH3 is 2. The second kappa shape index (κ2) is 17.4. The molecule has 0 bridgehead atoms. The van der Waals surface area contributed by atoms with Crippen molar-refractivity contribution < 1.29 is 32.6 Å². The predicted octanol–water partition coefficient (Wildman–Crippen LogP) is 2.94. The predicted molar refractivity (Wildman–Crippen MR) is 166 cm³/mol. The maximum absolute atomic E-state index is 13.7. The van der Waals surface area contributed by atoms with Gasteiger partial charge in [0.15, 0.2) is 0 Å². The number of hydrazine groups is 1. The first-order chi connectivity index (χ1) is 20.4. The molecular weight excluding hydrogens is 572 g/mol. The molecule has 0 saturated carbocycles. The summed E-state index contributed by atoms with van der Waals surface area (Å²) in [5.74, 6) is 1.81. The van der Waals surface area contributed by atoms with E-state index in [1.807, 2.05) is 20.8 Å². The topological polar surface area (TPSA) is 138 Å². The van der Waals surface area contributed by atoms with Crippen molar-refractivity contribution in [1.29, 1.82) is 0 Å². The summed E-state index contributed by atoms with van der Waals surface area (Å²) in [4.78, 5) is 25.4. The molecule has 0 aromatic heterocycles. The molecule has 0 fully saturated rings. The van der Waals surface area contributed by atoms with Crippen molar-refractivity contribution >= 4 is 27.5 Å². The molecule has 0 heterocycles. The van der Waals surface area contributed by atoms with Crippen LogP contribution < -0.4 is 19.8 Å². The van der Waals surface area contributed by atoms with Crippen LogP contribution >= 0.6 is 0 Å². The van der Waals surface area contributed by atoms with E-state index in [0.29, 0.717) is 30.9 Å². The minimum absolute atomic E-state index is 0.00610. The van der Waals surface area contributed by atoms with E-state index in [-0.39, 0.29) is 66.6 Å². The van der Waals surface area contributed by atoms with Crippen molar-refractivity contribution in [2.24, 2.45) is 11.8 Å². The van der Waals surface area contributed by atoms with E-state index in [9.17, 15) is 23.1 Å². The van der Waals surface area contributed by atoms with Crippen LogP contribution in [0.1, 0.15) is 39.2 Å². The molecule has 43 heavy (non-hydrogen) atoms. The standard InChI is InChI=1S/C31H44N4O7S/c1-7-8-12-30(37)34(33-29(36)20-32-17-18-41-5)22-24(4)19-25-10-9-11-28(31(25)38)35(21-23(2)3)43(39,40)27-15-13-26(42-6)14-16-27/h1,9-11,13-16,23-24,32,38H,8,12,17-22H2,2-6H3,(H,33,36)/t24-/m1/s1. The molecule has 2 aromatic rings. The number of para-hydroxylation sites is 1. The molecule has 0 unspecified atom stereocenters. The number of nitrogens with one attached hydrogen (secondary N) is 2. The van der Waals surface area contributed by atoms with Crippen molar-refractivity contribution in [2.75, 3.05) is 51.3 Å². The SMILES string of the molecule is C#CCCC(=O)N(C[C@H](C)Cc1cccc(N(CC(C)C)S(=O)(=O)c2ccc(OC)cc2)c1O)NC(=O)CNCCOC. The van der Waals surface area contributed by atoms with Crippen molar-refractivity contribution in [2.45, 2.75) is 44.9 Å². The van der Waals surface area contributed by atoms with Gasteiger partial charge in [-0.15, -0.1) is 12.3 Å². The van der Waals surface area contributed by atoms with Gasteiger partial charge in [0.2, 0.25) is 5.91 Å². The fraction of sp³-hybridized carbons (Fsp3) is 0.484. The average Bonchev–Trinajstić information content (AvgIpc) is 2.97. The second-order valence-corrected chi connectivity index (χ2v) is 12.5. The fourth-order valence-corrected chi connectivity index (χ4v) is 5.95. The van der Waals surface area contributed by atoms with Crippen molar-refractivity contribution in [1.82, 2.24) is 15.8 Å². The zero-order valence-corrected chi connectivity index (χ0v) is 26.4. The first-order valence-electron chi connectivity index (χ1n) is 14.1. The quantitative estimate of drug-likeness (QED) is 0.140. The van der Waals surface area contributed by atoms with Gasteiger partial charge < -0.3 is 19.9 Å². The highest BCUT2D eigenvalue weighted by molar-refractivity contribution is 7.92. The third kappa shape index (κ3) is 10.8. The number of hydrogen-bond acceptors (Lipinski definition) is 8. The van der Waals surface area contributed by atoms with E-state index in [2.05, 4.69) is 16.7 Å². The van der Waals surface area contributed by atoms with Gasteiger partial charge in [0.1, 0.15) is 11.5 Å². The Balaban J connectivity index is 2.29. The monoisotopic (exact) mass is 616 g/mol. The van der Waals surface area contributed by atoms with Crippen LogP contribution in [0.4, 0.5) is 5.69 Å². The third-order valence-electron chi connectivity index (χ3n) is 6.42. The van der Waals surface area contributed by atoms with Crippen LogP contribution in [0, 0.1) is 24.2 Å². The molecule has 2 amide bonds. The van der Waals surface area contributed by atoms with Crippen LogP contribution in [-0.2, 0) is 30.8 Å². The Kier molecular flexibility index (Phi) is 14.3. The Morgan fingerprint density at radius 2 is 1.77 bits per heavy atom. The minimum atomic E-state index is -4.02. The lowest BCUT2D eigenvalue weighted by atomic mass is 9.99. The van der Waals surface area contributed by atoms with E-state index in [0.717, 1.165) is 0 Å². The summed E-state index contributed by atoms with van der Waals surface area (Å²) >= 11 is 0. The van der Waals surface area contributed by atoms with Gasteiger partial charge in [-0.05, 0) is 54.2 Å². The number of phenols is 1. The number of carbonyl (C=O) groups is 2. The molecule has 0 aliphatic carbocycles. The number of benzene rings is 2. The number of carbonyl (C=O) groups excluding carboxylic acids is 2. The number of amides is 2. The van der Waals surface area contributed by atoms with E-state index in [4.69, 9.17) is 15.9 Å². The van der Waals surface area contributed by atoms with Crippen LogP contribution in [-0.4, -0.2) is 77.4 Å². The van der Waals surface area contributed by atoms with Crippen LogP contribution in [0.15, 0.2) is 47.4 Å². The molecule has 1 atom stereocenters. The lowest BCUT2D eigenvalue weighted by Crippen LogP contribution is -2.50. The Morgan fingerprint density at radius 1 is 1.07 bits per heavy atom. The number of nitrogens with zero attached hydrogens (tertiary/aromatic N) is 2. The first kappa shape index (κ1) is 35.4. The highest BCUT2D eigenvalue weighted by Crippen LogP contribution is 2.36. The lowest BCUT2D eigenvalue weighted by Gasteiger charge is -2.29. The average molecular weight is 617 g/mol. The number of rotatable bonds is 17. The Hall–Kier alpha value is -3.79. The number of aromatic hydroxyl groups is 1. The van der Waals surface area contributed by atoms with Crippen molar-refractivity contribution in [3.05, 3.63) is 48.0 Å². The number of sulfonamides is 1. The molecule has 0 aliphatic rings. The maximum Gasteiger partial charge on any atom is 0.264 e. The lowest BCUT2D eigenvalue weighted by molar-refractivity contribution is -0.141. The van der Waals surface area contributed by atoms with Gasteiger partial charge in [0.25, 0.3) is 15.9 Å². The van der Waals surface area contributed by atoms with Gasteiger partial charge in [-0.3, -0.25) is 24.3 Å². The maximum atomic E-state index is 13.7. The Morgan fingerprint density at radius 3 is 2.37 bits per heavy atom. The van der Waals surface area contributed by atoms with Crippen LogP contribution in [0.5, 0.6) is 11.5 Å². The summed E-state index contributed by atoms with van der Waals surface area (Å²) in [6.07, 6.45) is 5.93. The summed E-state index contributed by atoms with van der Waals surface area (Å²) in [5, 5.41) is 15.5. The number of hydrogen-bond donors (Lipinski definition) is 3. The molecule has 0 aliphatic heterocycles. The molecule has 2 rings (SSSR count). The number of anilines is 1. The normalized spacial score (nSPS) is 11.9. The zero-order valence-electron chi connectivity index (χ0n) is 25.6. The van der Waals surface area contributed by atoms with E-state index in [1.54, 1.807) is 37.4 Å². The van der Waals surface area contributed by atoms with Crippen molar-refractivity contribution in [3.63, 3.8) is 0 Å². The van der Waals surface area contributed by atoms with Gasteiger partial charge >= 0.3 is 0 Å². The zero-order chi connectivity index (χ0) is 32.0. The molecule has 12 heteroatoms. The molecule has 0 radical (unpaired) electrons. The summed E-state index contributed by atoms with van der Waals surface area (Å²) in [6.45, 7) is 6.86. The smallest absolute Gasteiger partial charge is 0.264 e. The third-order valence-corrected chi connectivity index (χ3v) is 8.21. The molecule has 11 nitrogen and oxygen atoms in total. The minimum Gasteiger partial charge on any atom is -0.505 e. The highest BCUT2D eigenvalue weighted by Gasteiger charge is 2.29. The molecule has 0 spiro atoms. The summed E-state index contributed by atoms with van der Waals surface area (Å²) in [6, 6.07) is 11.1. The van der Waals surface area contributed by atoms with E-state index < -0.39 is 15.9 Å². The van der Waals surface area contributed by atoms with E-state index >= 15 is 0 Å². The Labute approximate surface area is 255 Å². The molecule has 2 aromatic carbocycles. The summed E-state index contributed by atoms with van der Waals surface area (Å²) < 4.78 is 38.8. The van der Waals surface area contributed by atoms with Crippen LogP contribution in [0.2, 0.25) is 0 Å². The number of terminal acetylenes is 1. The van der Waals surface area contributed by atoms with Gasteiger partial charge in [-0.25, -0.2) is 8.42 Å². The van der Waals surface area contributed by atoms with Crippen LogP contribution in [0.25, 0.3) is 0 Å². The molecular formula is C31H44N4O7S. The highest BCUT2D eigenvalue weighted by atomic mass is 32.2. The Bertz CT molecular complexity index is 1340. The van der Waals surface area contributed by atoms with Gasteiger partial charge in [0, 0.05) is 39.6 Å². The van der Waals surface area contributed by atoms with Crippen molar-refractivity contribution in [3.8, 4) is 23.8 Å². The number of ether oxygens (including phenoxy) is 2. The van der Waals surface area contributed by atoms with Gasteiger partial charge in [-0.2, -0.15) is 0 Å². The van der Waals surface area contributed by atoms with Crippen LogP contribution in [0.3, 0.4) is 0 Å². The second-order valence-electron chi connectivity index (χ2n) is 10.6. The molecule has 236 valence electrons. The molecule has 0 saturated heterocycles. The summed E-state index contributed by atoms with van der Waals surface area (Å²) in [7, 11) is -0.958. The van der Waals surface area contributed by atoms with Gasteiger partial charge in [-0.1, -0.05) is 32.9 Å². The van der Waals surface area contributed by atoms with E-state index in [1.165, 1.54) is 28.6 Å². The number of phenolic OH excluding ortho intramolecular Hbond substituents is 1.